The highest BCUT2D eigenvalue weighted by Crippen LogP contribution is 2.46. The number of hydrogen-bond donors (Lipinski definition) is 2. The number of nitrogens with two attached hydrogens (primary N) is 2. The molecule has 2 nitrogen and oxygen atoms in total. The lowest BCUT2D eigenvalue weighted by molar-refractivity contribution is 1.11. The van der Waals surface area contributed by atoms with Gasteiger partial charge in [-0.05, 0) is 121 Å². The van der Waals surface area contributed by atoms with E-state index in [-0.39, 0.29) is 0 Å². The first-order chi connectivity index (χ1) is 21.1. The molecule has 7 heteroatoms. The highest BCUT2D eigenvalue weighted by molar-refractivity contribution is 8.04. The molecule has 6 aromatic carbocycles. The molecule has 0 saturated carbocycles. The molecule has 0 atom stereocenters. The van der Waals surface area contributed by atoms with Crippen LogP contribution in [0.2, 0.25) is 0 Å². The molecule has 4 N–H and O–H groups in total. The van der Waals surface area contributed by atoms with Gasteiger partial charge in [-0.2, -0.15) is 0 Å². The fourth-order valence-electron chi connectivity index (χ4n) is 4.11. The van der Waals surface area contributed by atoms with E-state index in [0.717, 1.165) is 11.4 Å². The van der Waals surface area contributed by atoms with E-state index in [4.69, 9.17) is 11.5 Å². The molecule has 6 aromatic rings. The summed E-state index contributed by atoms with van der Waals surface area (Å²) in [6, 6.07) is 50.8. The van der Waals surface area contributed by atoms with Gasteiger partial charge in [-0.1, -0.05) is 83.1 Å². The summed E-state index contributed by atoms with van der Waals surface area (Å²) in [5.74, 6) is 0. The smallest absolute Gasteiger partial charge is 0.0401 e. The monoisotopic (exact) mass is 648 g/mol. The van der Waals surface area contributed by atoms with Crippen molar-refractivity contribution in [3.05, 3.63) is 146 Å². The summed E-state index contributed by atoms with van der Waals surface area (Å²) >= 11 is 8.92. The van der Waals surface area contributed by atoms with Gasteiger partial charge >= 0.3 is 0 Å². The van der Waals surface area contributed by atoms with Gasteiger partial charge in [-0.25, -0.2) is 0 Å². The standard InChI is InChI=1S/C36H28N2S5/c37-25-9-13-28(14-10-25)39-30-17-21-32(22-18-30)42-35-8-4-7-34(41-27-5-2-1-3-6-27)36(35)43-33-23-19-31(20-24-33)40-29-15-11-26(38)12-16-29/h1-24H,37-38H2. The summed E-state index contributed by atoms with van der Waals surface area (Å²) in [7, 11) is 0. The van der Waals surface area contributed by atoms with Crippen molar-refractivity contribution in [2.24, 2.45) is 0 Å². The average Bonchev–Trinajstić information content (AvgIpc) is 3.03. The number of anilines is 2. The minimum atomic E-state index is 0.782. The molecule has 0 unspecified atom stereocenters. The maximum absolute atomic E-state index is 5.85. The van der Waals surface area contributed by atoms with E-state index in [1.54, 1.807) is 35.3 Å². The van der Waals surface area contributed by atoms with Gasteiger partial charge < -0.3 is 11.5 Å². The minimum absolute atomic E-state index is 0.782. The number of nitrogen functional groups attached to an aromatic ring is 2. The topological polar surface area (TPSA) is 52.0 Å². The molecule has 43 heavy (non-hydrogen) atoms. The summed E-state index contributed by atoms with van der Waals surface area (Å²) in [4.78, 5) is 12.2. The van der Waals surface area contributed by atoms with Crippen LogP contribution in [0, 0.1) is 0 Å². The fourth-order valence-corrected chi connectivity index (χ4v) is 8.93. The summed E-state index contributed by atoms with van der Waals surface area (Å²) in [5, 5.41) is 0. The van der Waals surface area contributed by atoms with Crippen LogP contribution in [0.3, 0.4) is 0 Å². The Morgan fingerprint density at radius 1 is 0.279 bits per heavy atom. The van der Waals surface area contributed by atoms with Crippen LogP contribution in [0.25, 0.3) is 0 Å². The van der Waals surface area contributed by atoms with Crippen molar-refractivity contribution in [3.8, 4) is 0 Å². The predicted octanol–water partition coefficient (Wildman–Crippen LogP) is 11.6. The van der Waals surface area contributed by atoms with Gasteiger partial charge in [-0.3, -0.25) is 0 Å². The first-order valence-electron chi connectivity index (χ1n) is 13.6. The van der Waals surface area contributed by atoms with E-state index in [2.05, 4.69) is 121 Å². The minimum Gasteiger partial charge on any atom is -0.399 e. The average molecular weight is 649 g/mol. The lowest BCUT2D eigenvalue weighted by Gasteiger charge is -2.15. The molecule has 0 aliphatic rings. The normalized spacial score (nSPS) is 11.0. The number of benzene rings is 6. The first-order valence-corrected chi connectivity index (χ1v) is 17.6. The Hall–Kier alpha value is -3.33. The zero-order chi connectivity index (χ0) is 29.4. The van der Waals surface area contributed by atoms with E-state index in [9.17, 15) is 0 Å². The molecule has 0 amide bonds. The van der Waals surface area contributed by atoms with Crippen molar-refractivity contribution in [2.45, 2.75) is 49.0 Å². The molecule has 0 spiro atoms. The van der Waals surface area contributed by atoms with Gasteiger partial charge in [0.2, 0.25) is 0 Å². The molecule has 0 radical (unpaired) electrons. The van der Waals surface area contributed by atoms with Crippen molar-refractivity contribution in [3.63, 3.8) is 0 Å². The largest absolute Gasteiger partial charge is 0.399 e. The molecule has 0 aliphatic heterocycles. The molecule has 0 bridgehead atoms. The van der Waals surface area contributed by atoms with Crippen LogP contribution in [-0.2, 0) is 0 Å². The molecule has 0 saturated heterocycles. The Kier molecular flexibility index (Phi) is 9.98. The zero-order valence-corrected chi connectivity index (χ0v) is 27.1. The highest BCUT2D eigenvalue weighted by atomic mass is 32.2. The van der Waals surface area contributed by atoms with Gasteiger partial charge in [0.15, 0.2) is 0 Å². The van der Waals surface area contributed by atoms with Gasteiger partial charge in [0, 0.05) is 60.3 Å². The summed E-state index contributed by atoms with van der Waals surface area (Å²) < 4.78 is 0. The third kappa shape index (κ3) is 8.40. The molecule has 0 aliphatic carbocycles. The second-order valence-corrected chi connectivity index (χ2v) is 15.1. The lowest BCUT2D eigenvalue weighted by Crippen LogP contribution is -1.86. The molecular weight excluding hydrogens is 621 g/mol. The molecule has 0 aromatic heterocycles. The zero-order valence-electron chi connectivity index (χ0n) is 23.1. The Morgan fingerprint density at radius 3 is 1.02 bits per heavy atom. The van der Waals surface area contributed by atoms with Crippen LogP contribution >= 0.6 is 58.8 Å². The molecule has 212 valence electrons. The van der Waals surface area contributed by atoms with Crippen molar-refractivity contribution in [1.29, 1.82) is 0 Å². The van der Waals surface area contributed by atoms with Crippen molar-refractivity contribution < 1.29 is 0 Å². The van der Waals surface area contributed by atoms with Crippen molar-refractivity contribution in [1.82, 2.24) is 0 Å². The number of hydrogen-bond acceptors (Lipinski definition) is 7. The lowest BCUT2D eigenvalue weighted by atomic mass is 10.3. The van der Waals surface area contributed by atoms with Gasteiger partial charge in [0.25, 0.3) is 0 Å². The maximum Gasteiger partial charge on any atom is 0.0401 e. The van der Waals surface area contributed by atoms with E-state index < -0.39 is 0 Å². The van der Waals surface area contributed by atoms with E-state index in [0.29, 0.717) is 0 Å². The van der Waals surface area contributed by atoms with Crippen LogP contribution in [0.4, 0.5) is 11.4 Å². The van der Waals surface area contributed by atoms with Gasteiger partial charge in [0.05, 0.1) is 0 Å². The Balaban J connectivity index is 1.23. The molecule has 6 rings (SSSR count). The van der Waals surface area contributed by atoms with Gasteiger partial charge in [0.1, 0.15) is 0 Å². The Bertz CT molecular complexity index is 1770. The van der Waals surface area contributed by atoms with Crippen molar-refractivity contribution >= 4 is 70.2 Å². The highest BCUT2D eigenvalue weighted by Gasteiger charge is 2.14. The third-order valence-electron chi connectivity index (χ3n) is 6.24. The summed E-state index contributed by atoms with van der Waals surface area (Å²) in [6.45, 7) is 0. The van der Waals surface area contributed by atoms with Gasteiger partial charge in [-0.15, -0.1) is 0 Å². The van der Waals surface area contributed by atoms with Crippen LogP contribution < -0.4 is 11.5 Å². The first kappa shape index (κ1) is 29.7. The fraction of sp³-hybridized carbons (Fsp3) is 0. The summed E-state index contributed by atoms with van der Waals surface area (Å²) in [6.07, 6.45) is 0. The van der Waals surface area contributed by atoms with Crippen molar-refractivity contribution in [2.75, 3.05) is 11.5 Å². The maximum atomic E-state index is 5.85. The number of rotatable bonds is 10. The second kappa shape index (κ2) is 14.4. The van der Waals surface area contributed by atoms with Crippen LogP contribution in [-0.4, -0.2) is 0 Å². The van der Waals surface area contributed by atoms with Crippen LogP contribution in [0.15, 0.2) is 195 Å². The Labute approximate surface area is 274 Å². The quantitative estimate of drug-likeness (QED) is 0.143. The van der Waals surface area contributed by atoms with Crippen LogP contribution in [0.5, 0.6) is 0 Å². The Morgan fingerprint density at radius 2 is 0.605 bits per heavy atom. The SMILES string of the molecule is Nc1ccc(Sc2ccc(Sc3cccc(Sc4ccccc4)c3Sc3ccc(Sc4ccc(N)cc4)cc3)cc2)cc1. The third-order valence-corrected chi connectivity index (χ3v) is 11.8. The second-order valence-electron chi connectivity index (χ2n) is 9.49. The molecule has 0 fully saturated rings. The molecule has 0 heterocycles. The van der Waals surface area contributed by atoms with E-state index >= 15 is 0 Å². The predicted molar refractivity (Wildman–Crippen MR) is 188 cm³/mol. The summed E-state index contributed by atoms with van der Waals surface area (Å²) in [5.41, 5.74) is 13.3. The molecular formula is C36H28N2S5. The van der Waals surface area contributed by atoms with E-state index in [1.165, 1.54) is 49.0 Å². The van der Waals surface area contributed by atoms with Crippen LogP contribution in [0.1, 0.15) is 0 Å². The van der Waals surface area contributed by atoms with E-state index in [1.807, 2.05) is 47.8 Å².